The van der Waals surface area contributed by atoms with E-state index in [1.807, 2.05) is 6.07 Å². The average Bonchev–Trinajstić information content (AvgIpc) is 2.14. The van der Waals surface area contributed by atoms with Gasteiger partial charge in [-0.15, -0.1) is 0 Å². The molecule has 4 heteroatoms. The van der Waals surface area contributed by atoms with E-state index >= 15 is 0 Å². The molecule has 0 aliphatic rings. The number of nitrogens with one attached hydrogen (secondary N) is 1. The lowest BCUT2D eigenvalue weighted by molar-refractivity contribution is 0.396. The molecule has 0 aliphatic heterocycles. The smallest absolute Gasteiger partial charge is 0.232 e. The van der Waals surface area contributed by atoms with E-state index < -0.39 is 0 Å². The van der Waals surface area contributed by atoms with Crippen LogP contribution in [0, 0.1) is 0 Å². The fourth-order valence-electron chi connectivity index (χ4n) is 1.08. The average molecular weight is 229 g/mol. The van der Waals surface area contributed by atoms with Gasteiger partial charge in [0.25, 0.3) is 0 Å². The standard InChI is InChI=1S/C11H17ClN2O/c1-11(2,3)14-7-8-5-9(12)10(15-4)13-6-8/h5-6,14H,7H2,1-4H3. The highest BCUT2D eigenvalue weighted by Crippen LogP contribution is 2.21. The molecule has 0 aliphatic carbocycles. The van der Waals surface area contributed by atoms with Crippen molar-refractivity contribution >= 4 is 11.6 Å². The zero-order valence-electron chi connectivity index (χ0n) is 9.60. The highest BCUT2D eigenvalue weighted by Gasteiger charge is 2.09. The Morgan fingerprint density at radius 3 is 2.60 bits per heavy atom. The summed E-state index contributed by atoms with van der Waals surface area (Å²) in [5, 5.41) is 3.91. The van der Waals surface area contributed by atoms with Gasteiger partial charge in [0.1, 0.15) is 5.02 Å². The van der Waals surface area contributed by atoms with Crippen molar-refractivity contribution in [3.63, 3.8) is 0 Å². The van der Waals surface area contributed by atoms with E-state index in [0.29, 0.717) is 10.9 Å². The number of hydrogen-bond acceptors (Lipinski definition) is 3. The molecule has 1 rings (SSSR count). The highest BCUT2D eigenvalue weighted by molar-refractivity contribution is 6.31. The van der Waals surface area contributed by atoms with Gasteiger partial charge in [-0.25, -0.2) is 4.98 Å². The summed E-state index contributed by atoms with van der Waals surface area (Å²) in [4.78, 5) is 4.10. The van der Waals surface area contributed by atoms with Gasteiger partial charge in [-0.1, -0.05) is 11.6 Å². The summed E-state index contributed by atoms with van der Waals surface area (Å²) in [7, 11) is 1.56. The molecule has 3 nitrogen and oxygen atoms in total. The van der Waals surface area contributed by atoms with Crippen molar-refractivity contribution in [2.24, 2.45) is 0 Å². The van der Waals surface area contributed by atoms with Gasteiger partial charge >= 0.3 is 0 Å². The number of methoxy groups -OCH3 is 1. The molecule has 0 spiro atoms. The molecule has 0 amide bonds. The monoisotopic (exact) mass is 228 g/mol. The maximum atomic E-state index is 5.96. The Bertz CT molecular complexity index is 334. The van der Waals surface area contributed by atoms with Gasteiger partial charge in [0.2, 0.25) is 5.88 Å². The first kappa shape index (κ1) is 12.3. The summed E-state index contributed by atoms with van der Waals surface area (Å²) < 4.78 is 4.98. The Kier molecular flexibility index (Phi) is 3.94. The SMILES string of the molecule is COc1ncc(CNC(C)(C)C)cc1Cl. The third kappa shape index (κ3) is 4.06. The molecule has 1 aromatic rings. The van der Waals surface area contributed by atoms with Crippen LogP contribution in [0.4, 0.5) is 0 Å². The first-order valence-corrected chi connectivity index (χ1v) is 5.23. The van der Waals surface area contributed by atoms with Crippen molar-refractivity contribution in [2.45, 2.75) is 32.9 Å². The van der Waals surface area contributed by atoms with Gasteiger partial charge in [-0.2, -0.15) is 0 Å². The summed E-state index contributed by atoms with van der Waals surface area (Å²) in [6.45, 7) is 7.10. The molecule has 0 saturated carbocycles. The Balaban J connectivity index is 2.68. The van der Waals surface area contributed by atoms with Crippen LogP contribution in [0.2, 0.25) is 5.02 Å². The fourth-order valence-corrected chi connectivity index (χ4v) is 1.35. The van der Waals surface area contributed by atoms with Crippen LogP contribution in [0.25, 0.3) is 0 Å². The second kappa shape index (κ2) is 4.81. The zero-order valence-corrected chi connectivity index (χ0v) is 10.4. The van der Waals surface area contributed by atoms with Gasteiger partial charge in [-0.05, 0) is 32.4 Å². The summed E-state index contributed by atoms with van der Waals surface area (Å²) in [6.07, 6.45) is 1.77. The van der Waals surface area contributed by atoms with Crippen LogP contribution in [0.15, 0.2) is 12.3 Å². The quantitative estimate of drug-likeness (QED) is 0.864. The maximum Gasteiger partial charge on any atom is 0.232 e. The van der Waals surface area contributed by atoms with Gasteiger partial charge in [-0.3, -0.25) is 0 Å². The van der Waals surface area contributed by atoms with E-state index in [1.54, 1.807) is 13.3 Å². The first-order chi connectivity index (χ1) is 6.92. The summed E-state index contributed by atoms with van der Waals surface area (Å²) >= 11 is 5.96. The number of halogens is 1. The van der Waals surface area contributed by atoms with Crippen molar-refractivity contribution in [2.75, 3.05) is 7.11 Å². The van der Waals surface area contributed by atoms with Gasteiger partial charge in [0.05, 0.1) is 7.11 Å². The maximum absolute atomic E-state index is 5.96. The van der Waals surface area contributed by atoms with Gasteiger partial charge in [0, 0.05) is 18.3 Å². The molecule has 0 unspecified atom stereocenters. The van der Waals surface area contributed by atoms with E-state index in [4.69, 9.17) is 16.3 Å². The van der Waals surface area contributed by atoms with E-state index in [1.165, 1.54) is 0 Å². The fraction of sp³-hybridized carbons (Fsp3) is 0.545. The number of ether oxygens (including phenoxy) is 1. The Hall–Kier alpha value is -0.800. The van der Waals surface area contributed by atoms with Crippen LogP contribution >= 0.6 is 11.6 Å². The van der Waals surface area contributed by atoms with Crippen LogP contribution in [0.3, 0.4) is 0 Å². The molecule has 0 radical (unpaired) electrons. The molecule has 84 valence electrons. The van der Waals surface area contributed by atoms with Crippen molar-refractivity contribution in [1.82, 2.24) is 10.3 Å². The molecular formula is C11H17ClN2O. The molecule has 0 saturated heterocycles. The molecule has 1 heterocycles. The number of pyridine rings is 1. The molecule has 1 aromatic heterocycles. The molecule has 1 N–H and O–H groups in total. The molecule has 0 fully saturated rings. The van der Waals surface area contributed by atoms with Crippen molar-refractivity contribution < 1.29 is 4.74 Å². The molecular weight excluding hydrogens is 212 g/mol. The van der Waals surface area contributed by atoms with Crippen molar-refractivity contribution in [3.05, 3.63) is 22.8 Å². The Labute approximate surface area is 95.8 Å². The zero-order chi connectivity index (χ0) is 11.5. The van der Waals surface area contributed by atoms with E-state index in [9.17, 15) is 0 Å². The van der Waals surface area contributed by atoms with E-state index in [0.717, 1.165) is 12.1 Å². The number of hydrogen-bond donors (Lipinski definition) is 1. The lowest BCUT2D eigenvalue weighted by atomic mass is 10.1. The van der Waals surface area contributed by atoms with Crippen LogP contribution in [-0.4, -0.2) is 17.6 Å². The highest BCUT2D eigenvalue weighted by atomic mass is 35.5. The predicted octanol–water partition coefficient (Wildman–Crippen LogP) is 2.63. The molecule has 15 heavy (non-hydrogen) atoms. The molecule has 0 aromatic carbocycles. The number of nitrogens with zero attached hydrogens (tertiary/aromatic N) is 1. The van der Waals surface area contributed by atoms with Crippen LogP contribution < -0.4 is 10.1 Å². The third-order valence-electron chi connectivity index (χ3n) is 1.88. The minimum absolute atomic E-state index is 0.0897. The van der Waals surface area contributed by atoms with Crippen molar-refractivity contribution in [1.29, 1.82) is 0 Å². The lowest BCUT2D eigenvalue weighted by Gasteiger charge is -2.20. The summed E-state index contributed by atoms with van der Waals surface area (Å²) in [5.41, 5.74) is 1.14. The van der Waals surface area contributed by atoms with Gasteiger partial charge < -0.3 is 10.1 Å². The minimum atomic E-state index is 0.0897. The van der Waals surface area contributed by atoms with Crippen molar-refractivity contribution in [3.8, 4) is 5.88 Å². The molecule has 0 bridgehead atoms. The predicted molar refractivity (Wildman–Crippen MR) is 62.4 cm³/mol. The number of rotatable bonds is 3. The topological polar surface area (TPSA) is 34.1 Å². The van der Waals surface area contributed by atoms with Crippen LogP contribution in [0.1, 0.15) is 26.3 Å². The Morgan fingerprint density at radius 1 is 1.47 bits per heavy atom. The summed E-state index contributed by atoms with van der Waals surface area (Å²) in [5.74, 6) is 0.469. The van der Waals surface area contributed by atoms with Crippen LogP contribution in [-0.2, 0) is 6.54 Å². The van der Waals surface area contributed by atoms with Gasteiger partial charge in [0.15, 0.2) is 0 Å². The third-order valence-corrected chi connectivity index (χ3v) is 2.15. The lowest BCUT2D eigenvalue weighted by Crippen LogP contribution is -2.35. The minimum Gasteiger partial charge on any atom is -0.480 e. The largest absolute Gasteiger partial charge is 0.480 e. The summed E-state index contributed by atoms with van der Waals surface area (Å²) in [6, 6.07) is 1.87. The second-order valence-corrected chi connectivity index (χ2v) is 4.85. The van der Waals surface area contributed by atoms with E-state index in [2.05, 4.69) is 31.1 Å². The number of aromatic nitrogens is 1. The Morgan fingerprint density at radius 2 is 2.13 bits per heavy atom. The molecule has 0 atom stereocenters. The normalized spacial score (nSPS) is 11.5. The second-order valence-electron chi connectivity index (χ2n) is 4.44. The van der Waals surface area contributed by atoms with E-state index in [-0.39, 0.29) is 5.54 Å². The first-order valence-electron chi connectivity index (χ1n) is 4.86. The van der Waals surface area contributed by atoms with Crippen LogP contribution in [0.5, 0.6) is 5.88 Å².